The summed E-state index contributed by atoms with van der Waals surface area (Å²) < 4.78 is 10.7. The highest BCUT2D eigenvalue weighted by Gasteiger charge is 2.28. The molecule has 1 unspecified atom stereocenters. The van der Waals surface area contributed by atoms with Crippen LogP contribution in [0.2, 0.25) is 0 Å². The average molecular weight is 402 g/mol. The number of nitrogens with zero attached hydrogens (tertiary/aromatic N) is 3. The Morgan fingerprint density at radius 1 is 1.38 bits per heavy atom. The van der Waals surface area contributed by atoms with Crippen molar-refractivity contribution in [3.63, 3.8) is 0 Å². The molecule has 3 rings (SSSR count). The predicted molar refractivity (Wildman–Crippen MR) is 111 cm³/mol. The number of hydrogen-bond acceptors (Lipinski definition) is 5. The number of amides is 1. The average Bonchev–Trinajstić information content (AvgIpc) is 2.75. The molecule has 8 heteroatoms. The maximum absolute atomic E-state index is 12.2. The Morgan fingerprint density at radius 3 is 3.00 bits per heavy atom. The van der Waals surface area contributed by atoms with E-state index in [2.05, 4.69) is 15.2 Å². The van der Waals surface area contributed by atoms with Crippen molar-refractivity contribution >= 4 is 23.5 Å². The molecule has 1 aromatic carbocycles. The fraction of sp³-hybridized carbons (Fsp3) is 0.571. The number of para-hydroxylation sites is 2. The molecule has 1 N–H and O–H groups in total. The van der Waals surface area contributed by atoms with Crippen LogP contribution in [0.4, 0.5) is 5.69 Å². The van der Waals surface area contributed by atoms with E-state index < -0.39 is 0 Å². The first kappa shape index (κ1) is 21.0. The maximum atomic E-state index is 12.2. The third kappa shape index (κ3) is 5.19. The minimum Gasteiger partial charge on any atom is -0.482 e. The fourth-order valence-corrected chi connectivity index (χ4v) is 3.79. The van der Waals surface area contributed by atoms with Gasteiger partial charge < -0.3 is 24.6 Å². The van der Waals surface area contributed by atoms with Crippen molar-refractivity contribution in [2.45, 2.75) is 26.2 Å². The van der Waals surface area contributed by atoms with Gasteiger partial charge in [-0.15, -0.1) is 0 Å². The van der Waals surface area contributed by atoms with Crippen molar-refractivity contribution in [2.75, 3.05) is 51.3 Å². The standard InChI is InChI=1S/C21H30N4O4/c1-3-28-20(27)16-8-6-12-24(14-16)21(22-2)23-11-7-13-25-17-9-4-5-10-18(17)29-15-19(25)26/h4-5,9-10,16H,3,6-8,11-15H2,1-2H3,(H,22,23). The van der Waals surface area contributed by atoms with Gasteiger partial charge in [0.1, 0.15) is 5.75 Å². The normalized spacial score (nSPS) is 19.4. The van der Waals surface area contributed by atoms with E-state index in [-0.39, 0.29) is 24.4 Å². The Hall–Kier alpha value is -2.77. The first-order chi connectivity index (χ1) is 14.1. The monoisotopic (exact) mass is 402 g/mol. The number of esters is 1. The number of guanidine groups is 1. The zero-order valence-corrected chi connectivity index (χ0v) is 17.2. The van der Waals surface area contributed by atoms with Crippen LogP contribution in [0, 0.1) is 5.92 Å². The van der Waals surface area contributed by atoms with Gasteiger partial charge in [0, 0.05) is 33.2 Å². The molecule has 1 atom stereocenters. The lowest BCUT2D eigenvalue weighted by Crippen LogP contribution is -2.49. The Kier molecular flexibility index (Phi) is 7.32. The number of carbonyl (C=O) groups excluding carboxylic acids is 2. The summed E-state index contributed by atoms with van der Waals surface area (Å²) in [6.07, 6.45) is 2.56. The lowest BCUT2D eigenvalue weighted by atomic mass is 9.98. The number of likely N-dealkylation sites (tertiary alicyclic amines) is 1. The lowest BCUT2D eigenvalue weighted by molar-refractivity contribution is -0.149. The van der Waals surface area contributed by atoms with Crippen molar-refractivity contribution in [3.05, 3.63) is 24.3 Å². The quantitative estimate of drug-likeness (QED) is 0.337. The maximum Gasteiger partial charge on any atom is 0.310 e. The molecule has 1 aromatic rings. The van der Waals surface area contributed by atoms with E-state index in [1.807, 2.05) is 31.2 Å². The molecule has 0 spiro atoms. The molecule has 0 bridgehead atoms. The molecule has 29 heavy (non-hydrogen) atoms. The van der Waals surface area contributed by atoms with Crippen LogP contribution in [0.5, 0.6) is 5.75 Å². The Labute approximate surface area is 171 Å². The van der Waals surface area contributed by atoms with E-state index in [0.29, 0.717) is 26.2 Å². The molecule has 0 aromatic heterocycles. The minimum atomic E-state index is -0.128. The van der Waals surface area contributed by atoms with E-state index in [1.165, 1.54) is 0 Å². The topological polar surface area (TPSA) is 83.5 Å². The molecule has 2 aliphatic heterocycles. The number of nitrogens with one attached hydrogen (secondary N) is 1. The first-order valence-electron chi connectivity index (χ1n) is 10.3. The predicted octanol–water partition coefficient (Wildman–Crippen LogP) is 1.65. The fourth-order valence-electron chi connectivity index (χ4n) is 3.79. The zero-order valence-electron chi connectivity index (χ0n) is 17.2. The Balaban J connectivity index is 1.49. The number of aliphatic imine (C=N–C) groups is 1. The van der Waals surface area contributed by atoms with Gasteiger partial charge in [0.05, 0.1) is 18.2 Å². The van der Waals surface area contributed by atoms with E-state index in [0.717, 1.165) is 43.2 Å². The third-order valence-corrected chi connectivity index (χ3v) is 5.20. The van der Waals surface area contributed by atoms with Gasteiger partial charge in [-0.25, -0.2) is 0 Å². The van der Waals surface area contributed by atoms with E-state index >= 15 is 0 Å². The number of ether oxygens (including phenoxy) is 2. The van der Waals surface area contributed by atoms with Crippen molar-refractivity contribution in [2.24, 2.45) is 10.9 Å². The summed E-state index contributed by atoms with van der Waals surface area (Å²) >= 11 is 0. The molecule has 158 valence electrons. The highest BCUT2D eigenvalue weighted by molar-refractivity contribution is 5.97. The SMILES string of the molecule is CCOC(=O)C1CCCN(C(=NC)NCCCN2C(=O)COc3ccccc32)C1. The number of hydrogen-bond donors (Lipinski definition) is 1. The molecule has 0 radical (unpaired) electrons. The van der Waals surface area contributed by atoms with Gasteiger partial charge in [-0.1, -0.05) is 12.1 Å². The highest BCUT2D eigenvalue weighted by Crippen LogP contribution is 2.31. The molecule has 1 saturated heterocycles. The van der Waals surface area contributed by atoms with Crippen LogP contribution in [0.1, 0.15) is 26.2 Å². The van der Waals surface area contributed by atoms with Crippen LogP contribution in [0.3, 0.4) is 0 Å². The van der Waals surface area contributed by atoms with Crippen molar-refractivity contribution in [3.8, 4) is 5.75 Å². The molecular weight excluding hydrogens is 372 g/mol. The first-order valence-corrected chi connectivity index (χ1v) is 10.3. The van der Waals surface area contributed by atoms with E-state index in [1.54, 1.807) is 11.9 Å². The summed E-state index contributed by atoms with van der Waals surface area (Å²) in [5.74, 6) is 1.27. The minimum absolute atomic E-state index is 0.0265. The molecule has 2 aliphatic rings. The molecule has 1 fully saturated rings. The number of rotatable bonds is 6. The van der Waals surface area contributed by atoms with E-state index in [4.69, 9.17) is 9.47 Å². The second kappa shape index (κ2) is 10.1. The smallest absolute Gasteiger partial charge is 0.310 e. The zero-order chi connectivity index (χ0) is 20.6. The number of benzene rings is 1. The van der Waals surface area contributed by atoms with E-state index in [9.17, 15) is 9.59 Å². The lowest BCUT2D eigenvalue weighted by Gasteiger charge is -2.34. The van der Waals surface area contributed by atoms with Crippen LogP contribution in [0.15, 0.2) is 29.3 Å². The third-order valence-electron chi connectivity index (χ3n) is 5.20. The number of piperidine rings is 1. The second-order valence-corrected chi connectivity index (χ2v) is 7.17. The summed E-state index contributed by atoms with van der Waals surface area (Å²) in [5.41, 5.74) is 0.821. The summed E-state index contributed by atoms with van der Waals surface area (Å²) in [6.45, 7) is 5.09. The molecule has 2 heterocycles. The van der Waals surface area contributed by atoms with Gasteiger partial charge in [0.15, 0.2) is 12.6 Å². The van der Waals surface area contributed by atoms with Crippen molar-refractivity contribution in [1.29, 1.82) is 0 Å². The van der Waals surface area contributed by atoms with Crippen LogP contribution in [-0.4, -0.2) is 69.2 Å². The van der Waals surface area contributed by atoms with Gasteiger partial charge in [0.2, 0.25) is 0 Å². The second-order valence-electron chi connectivity index (χ2n) is 7.17. The van der Waals surface area contributed by atoms with Crippen molar-refractivity contribution in [1.82, 2.24) is 10.2 Å². The number of carbonyl (C=O) groups is 2. The molecular formula is C21H30N4O4. The summed E-state index contributed by atoms with van der Waals surface area (Å²) in [4.78, 5) is 32.6. The summed E-state index contributed by atoms with van der Waals surface area (Å²) in [7, 11) is 1.75. The van der Waals surface area contributed by atoms with Crippen LogP contribution in [-0.2, 0) is 14.3 Å². The van der Waals surface area contributed by atoms with Crippen LogP contribution < -0.4 is 15.0 Å². The Morgan fingerprint density at radius 2 is 2.21 bits per heavy atom. The van der Waals surface area contributed by atoms with Crippen LogP contribution in [0.25, 0.3) is 0 Å². The number of fused-ring (bicyclic) bond motifs is 1. The Bertz CT molecular complexity index is 752. The molecule has 8 nitrogen and oxygen atoms in total. The number of anilines is 1. The van der Waals surface area contributed by atoms with Gasteiger partial charge in [-0.2, -0.15) is 0 Å². The van der Waals surface area contributed by atoms with Gasteiger partial charge >= 0.3 is 5.97 Å². The highest BCUT2D eigenvalue weighted by atomic mass is 16.5. The largest absolute Gasteiger partial charge is 0.482 e. The van der Waals surface area contributed by atoms with Gasteiger partial charge in [-0.05, 0) is 38.3 Å². The summed E-state index contributed by atoms with van der Waals surface area (Å²) in [5, 5.41) is 3.36. The van der Waals surface area contributed by atoms with Crippen molar-refractivity contribution < 1.29 is 19.1 Å². The summed E-state index contributed by atoms with van der Waals surface area (Å²) in [6, 6.07) is 7.60. The molecule has 1 amide bonds. The molecule has 0 aliphatic carbocycles. The van der Waals surface area contributed by atoms with Gasteiger partial charge in [0.25, 0.3) is 5.91 Å². The molecule has 0 saturated carbocycles. The van der Waals surface area contributed by atoms with Gasteiger partial charge in [-0.3, -0.25) is 14.6 Å². The van der Waals surface area contributed by atoms with Crippen LogP contribution >= 0.6 is 0 Å².